The summed E-state index contributed by atoms with van der Waals surface area (Å²) in [5, 5.41) is 10.3. The van der Waals surface area contributed by atoms with Gasteiger partial charge in [0.2, 0.25) is 0 Å². The number of hydrogen-bond donors (Lipinski definition) is 1. The van der Waals surface area contributed by atoms with Gasteiger partial charge in [-0.05, 0) is 74.4 Å². The number of pyridine rings is 1. The molecule has 1 aromatic rings. The Hall–Kier alpha value is -2.54. The molecule has 3 aliphatic rings. The molecule has 0 radical (unpaired) electrons. The molecule has 1 aliphatic carbocycles. The first-order valence-electron chi connectivity index (χ1n) is 10.5. The highest BCUT2D eigenvalue weighted by Gasteiger charge is 2.25. The zero-order chi connectivity index (χ0) is 21.5. The Bertz CT molecular complexity index is 1130. The average Bonchev–Trinajstić information content (AvgIpc) is 3.23. The molecular weight excluding hydrogens is 400 g/mol. The van der Waals surface area contributed by atoms with Crippen LogP contribution in [0.15, 0.2) is 41.4 Å². The topological polar surface area (TPSA) is 81.4 Å². The average molecular weight is 429 g/mol. The van der Waals surface area contributed by atoms with E-state index in [0.29, 0.717) is 28.7 Å². The Morgan fingerprint density at radius 2 is 1.83 bits per heavy atom. The van der Waals surface area contributed by atoms with Crippen LogP contribution in [0.5, 0.6) is 5.75 Å². The van der Waals surface area contributed by atoms with Crippen LogP contribution in [0.4, 0.5) is 0 Å². The Kier molecular flexibility index (Phi) is 5.49. The number of aryl methyl sites for hydroxylation is 1. The van der Waals surface area contributed by atoms with Crippen LogP contribution < -0.4 is 4.74 Å². The summed E-state index contributed by atoms with van der Waals surface area (Å²) in [6.45, 7) is 5.69. The molecule has 0 saturated heterocycles. The Morgan fingerprint density at radius 1 is 1.10 bits per heavy atom. The lowest BCUT2D eigenvalue weighted by atomic mass is 9.89. The first-order valence-corrected chi connectivity index (χ1v) is 12.2. The number of fused-ring (bicyclic) bond motifs is 1. The third-order valence-electron chi connectivity index (χ3n) is 6.09. The molecule has 30 heavy (non-hydrogen) atoms. The molecule has 0 aromatic heterocycles. The zero-order valence-electron chi connectivity index (χ0n) is 17.6. The van der Waals surface area contributed by atoms with Crippen LogP contribution in [-0.2, 0) is 9.84 Å². The van der Waals surface area contributed by atoms with Crippen LogP contribution >= 0.6 is 0 Å². The van der Waals surface area contributed by atoms with E-state index >= 15 is 0 Å². The highest BCUT2D eigenvalue weighted by Crippen LogP contribution is 2.41. The van der Waals surface area contributed by atoms with Crippen LogP contribution in [0, 0.1) is 12.8 Å². The lowest BCUT2D eigenvalue weighted by Gasteiger charge is -2.28. The van der Waals surface area contributed by atoms with E-state index in [1.807, 2.05) is 12.1 Å². The van der Waals surface area contributed by atoms with E-state index in [4.69, 9.17) is 4.74 Å². The molecule has 1 aromatic carbocycles. The van der Waals surface area contributed by atoms with Gasteiger partial charge in [-0.2, -0.15) is 4.73 Å². The largest absolute Gasteiger partial charge is 0.490 e. The molecule has 1 saturated carbocycles. The van der Waals surface area contributed by atoms with Crippen molar-refractivity contribution in [2.24, 2.45) is 5.92 Å². The minimum atomic E-state index is -3.37. The van der Waals surface area contributed by atoms with E-state index in [1.165, 1.54) is 0 Å². The van der Waals surface area contributed by atoms with E-state index < -0.39 is 9.84 Å². The fourth-order valence-electron chi connectivity index (χ4n) is 4.15. The molecule has 1 fully saturated rings. The Morgan fingerprint density at radius 3 is 2.53 bits per heavy atom. The quantitative estimate of drug-likeness (QED) is 0.582. The summed E-state index contributed by atoms with van der Waals surface area (Å²) in [5.74, 6) is 1.85. The van der Waals surface area contributed by atoms with Crippen molar-refractivity contribution in [3.8, 4) is 28.3 Å². The van der Waals surface area contributed by atoms with E-state index in [0.717, 1.165) is 41.5 Å². The number of sulfone groups is 1. The maximum atomic E-state index is 12.6. The van der Waals surface area contributed by atoms with Crippen molar-refractivity contribution >= 4 is 9.84 Å². The molecule has 6 nitrogen and oxygen atoms in total. The third kappa shape index (κ3) is 3.78. The third-order valence-corrected chi connectivity index (χ3v) is 7.83. The van der Waals surface area contributed by atoms with Gasteiger partial charge in [-0.1, -0.05) is 13.8 Å². The monoisotopic (exact) mass is 428 g/mol. The second kappa shape index (κ2) is 7.95. The Balaban J connectivity index is 1.85. The highest BCUT2D eigenvalue weighted by atomic mass is 32.2. The van der Waals surface area contributed by atoms with E-state index in [9.17, 15) is 13.6 Å². The number of aromatic nitrogens is 2. The van der Waals surface area contributed by atoms with Crippen molar-refractivity contribution in [3.05, 3.63) is 42.2 Å². The molecule has 0 amide bonds. The van der Waals surface area contributed by atoms with Crippen LogP contribution in [0.2, 0.25) is 0 Å². The second-order valence-electron chi connectivity index (χ2n) is 8.25. The molecule has 4 rings (SSSR count). The SMILES string of the molecule is CCS(=O)(=O)c1ccc(OC2CCC(C)CC2)c(-c2cc(C)n(O)c3nccc2-3)c1. The molecule has 160 valence electrons. The van der Waals surface area contributed by atoms with Gasteiger partial charge >= 0.3 is 0 Å². The molecule has 1 N–H and O–H groups in total. The van der Waals surface area contributed by atoms with Crippen LogP contribution in [0.3, 0.4) is 0 Å². The standard InChI is InChI=1S/C23H28N2O4S/c1-4-30(27,28)18-9-10-22(29-17-7-5-15(2)6-8-17)21(14-18)20-13-16(3)25(26)23-19(20)11-12-24-23/h9-15,17,26H,4-8H2,1-3H3. The van der Waals surface area contributed by atoms with Gasteiger partial charge in [-0.25, -0.2) is 13.4 Å². The van der Waals surface area contributed by atoms with Gasteiger partial charge in [-0.3, -0.25) is 0 Å². The number of hydrogen-bond acceptors (Lipinski definition) is 5. The van der Waals surface area contributed by atoms with Gasteiger partial charge in [0.05, 0.1) is 22.4 Å². The highest BCUT2D eigenvalue weighted by molar-refractivity contribution is 7.91. The summed E-state index contributed by atoms with van der Waals surface area (Å²) >= 11 is 0. The van der Waals surface area contributed by atoms with Crippen LogP contribution in [0.1, 0.15) is 45.2 Å². The summed E-state index contributed by atoms with van der Waals surface area (Å²) in [7, 11) is -3.37. The van der Waals surface area contributed by atoms with Crippen LogP contribution in [0.25, 0.3) is 22.5 Å². The van der Waals surface area contributed by atoms with Crippen molar-refractivity contribution in [1.29, 1.82) is 0 Å². The fourth-order valence-corrected chi connectivity index (χ4v) is 5.06. The number of nitrogens with zero attached hydrogens (tertiary/aromatic N) is 2. The summed E-state index contributed by atoms with van der Waals surface area (Å²) in [6, 6.07) is 8.77. The molecule has 0 spiro atoms. The molecular formula is C23H28N2O4S. The van der Waals surface area contributed by atoms with Gasteiger partial charge in [0, 0.05) is 17.3 Å². The van der Waals surface area contributed by atoms with Crippen LogP contribution in [-0.4, -0.2) is 35.2 Å². The van der Waals surface area contributed by atoms with E-state index in [1.54, 1.807) is 38.2 Å². The predicted octanol–water partition coefficient (Wildman–Crippen LogP) is 4.95. The summed E-state index contributed by atoms with van der Waals surface area (Å²) in [6.07, 6.45) is 6.01. The zero-order valence-corrected chi connectivity index (χ0v) is 18.4. The maximum Gasteiger partial charge on any atom is 0.178 e. The normalized spacial score (nSPS) is 19.8. The lowest BCUT2D eigenvalue weighted by molar-refractivity contribution is 0.136. The molecule has 0 unspecified atom stereocenters. The van der Waals surface area contributed by atoms with E-state index in [2.05, 4.69) is 11.9 Å². The smallest absolute Gasteiger partial charge is 0.178 e. The summed E-state index contributed by atoms with van der Waals surface area (Å²) < 4.78 is 32.6. The first kappa shape index (κ1) is 20.7. The van der Waals surface area contributed by atoms with Gasteiger partial charge < -0.3 is 9.94 Å². The minimum absolute atomic E-state index is 0.0327. The lowest BCUT2D eigenvalue weighted by Crippen LogP contribution is -2.23. The van der Waals surface area contributed by atoms with Crippen molar-refractivity contribution in [1.82, 2.24) is 9.71 Å². The van der Waals surface area contributed by atoms with Gasteiger partial charge in [-0.15, -0.1) is 0 Å². The summed E-state index contributed by atoms with van der Waals surface area (Å²) in [4.78, 5) is 4.53. The maximum absolute atomic E-state index is 12.6. The molecule has 2 heterocycles. The molecule has 7 heteroatoms. The van der Waals surface area contributed by atoms with Crippen molar-refractivity contribution < 1.29 is 18.4 Å². The first-order chi connectivity index (χ1) is 14.3. The van der Waals surface area contributed by atoms with Gasteiger partial charge in [0.15, 0.2) is 15.7 Å². The molecule has 2 aliphatic heterocycles. The molecule has 0 atom stereocenters. The second-order valence-corrected chi connectivity index (χ2v) is 10.5. The number of rotatable bonds is 5. The summed E-state index contributed by atoms with van der Waals surface area (Å²) in [5.41, 5.74) is 2.87. The minimum Gasteiger partial charge on any atom is -0.490 e. The molecule has 0 bridgehead atoms. The van der Waals surface area contributed by atoms with Crippen molar-refractivity contribution in [3.63, 3.8) is 0 Å². The van der Waals surface area contributed by atoms with Gasteiger partial charge in [0.25, 0.3) is 0 Å². The van der Waals surface area contributed by atoms with E-state index in [-0.39, 0.29) is 16.8 Å². The number of ether oxygens (including phenoxy) is 1. The number of benzene rings is 1. The van der Waals surface area contributed by atoms with Crippen molar-refractivity contribution in [2.75, 3.05) is 5.75 Å². The van der Waals surface area contributed by atoms with Gasteiger partial charge in [0.1, 0.15) is 5.75 Å². The Labute approximate surface area is 177 Å². The predicted molar refractivity (Wildman–Crippen MR) is 116 cm³/mol. The fraction of sp³-hybridized carbons (Fsp3) is 0.435. The van der Waals surface area contributed by atoms with Crippen molar-refractivity contribution in [2.45, 2.75) is 57.5 Å².